The second-order valence-corrected chi connectivity index (χ2v) is 11.3. The molecule has 1 atom stereocenters. The Morgan fingerprint density at radius 2 is 1.70 bits per heavy atom. The van der Waals surface area contributed by atoms with Crippen LogP contribution in [-0.4, -0.2) is 33.0 Å². The summed E-state index contributed by atoms with van der Waals surface area (Å²) in [7, 11) is 6.42. The maximum atomic E-state index is 14.1. The molecule has 40 heavy (non-hydrogen) atoms. The number of thiazole rings is 1. The molecule has 2 aliphatic rings. The minimum Gasteiger partial charge on any atom is -0.493 e. The highest BCUT2D eigenvalue weighted by Gasteiger charge is 2.33. The molecule has 0 N–H and O–H groups in total. The van der Waals surface area contributed by atoms with Gasteiger partial charge in [-0.3, -0.25) is 9.36 Å². The monoisotopic (exact) mass is 618 g/mol. The normalized spacial score (nSPS) is 16.0. The molecular formula is C31H27BrN2O5S. The lowest BCUT2D eigenvalue weighted by Gasteiger charge is -2.31. The minimum absolute atomic E-state index is 0.0974. The number of ether oxygens (including phenoxy) is 4. The summed E-state index contributed by atoms with van der Waals surface area (Å²) < 4.78 is 25.2. The van der Waals surface area contributed by atoms with Gasteiger partial charge in [0.2, 0.25) is 0 Å². The van der Waals surface area contributed by atoms with Crippen molar-refractivity contribution in [1.29, 1.82) is 0 Å². The molecular weight excluding hydrogens is 592 g/mol. The van der Waals surface area contributed by atoms with Crippen LogP contribution in [0.5, 0.6) is 23.0 Å². The van der Waals surface area contributed by atoms with Crippen molar-refractivity contribution in [1.82, 2.24) is 4.57 Å². The van der Waals surface area contributed by atoms with Crippen LogP contribution < -0.4 is 33.8 Å². The highest BCUT2D eigenvalue weighted by molar-refractivity contribution is 9.10. The molecule has 0 saturated carbocycles. The lowest BCUT2D eigenvalue weighted by atomic mass is 9.83. The van der Waals surface area contributed by atoms with Gasteiger partial charge in [0.15, 0.2) is 27.8 Å². The first-order chi connectivity index (χ1) is 19.5. The summed E-state index contributed by atoms with van der Waals surface area (Å²) in [5, 5.41) is 0. The van der Waals surface area contributed by atoms with Crippen LogP contribution in [0.4, 0.5) is 0 Å². The number of fused-ring (bicyclic) bond motifs is 3. The molecule has 1 aliphatic heterocycles. The van der Waals surface area contributed by atoms with E-state index in [1.54, 1.807) is 28.4 Å². The van der Waals surface area contributed by atoms with Crippen LogP contribution >= 0.6 is 27.3 Å². The SMILES string of the molecule is COc1ccc([C@@H]2C3=C(N=c4s/c(=C/c5cc(Br)c(OC)c(OC)c5)c(=O)n42)c2ccccc2CC3)cc1OC. The maximum absolute atomic E-state index is 14.1. The Morgan fingerprint density at radius 1 is 0.925 bits per heavy atom. The lowest BCUT2D eigenvalue weighted by Crippen LogP contribution is -2.38. The van der Waals surface area contributed by atoms with Crippen LogP contribution in [0.3, 0.4) is 0 Å². The van der Waals surface area contributed by atoms with Crippen molar-refractivity contribution in [3.63, 3.8) is 0 Å². The molecule has 0 unspecified atom stereocenters. The molecule has 204 valence electrons. The van der Waals surface area contributed by atoms with E-state index >= 15 is 0 Å². The Balaban J connectivity index is 1.60. The van der Waals surface area contributed by atoms with Crippen molar-refractivity contribution >= 4 is 39.0 Å². The number of hydrogen-bond donors (Lipinski definition) is 0. The van der Waals surface area contributed by atoms with Crippen LogP contribution in [-0.2, 0) is 6.42 Å². The zero-order chi connectivity index (χ0) is 28.0. The van der Waals surface area contributed by atoms with Gasteiger partial charge in [0, 0.05) is 5.56 Å². The Bertz CT molecular complexity index is 1860. The quantitative estimate of drug-likeness (QED) is 0.300. The van der Waals surface area contributed by atoms with E-state index < -0.39 is 0 Å². The van der Waals surface area contributed by atoms with Crippen molar-refractivity contribution < 1.29 is 18.9 Å². The first-order valence-electron chi connectivity index (χ1n) is 12.7. The predicted molar refractivity (Wildman–Crippen MR) is 160 cm³/mol. The number of halogens is 1. The number of benzene rings is 3. The standard InChI is InChI=1S/C31H27BrN2O5S/c1-36-23-12-10-19(16-24(23)37-2)28-21-11-9-18-7-5-6-8-20(18)27(21)33-31-34(28)30(35)26(40-31)15-17-13-22(32)29(39-4)25(14-17)38-3/h5-8,10,12-16,28H,9,11H2,1-4H3/b26-15+/t28-/m1/s1. The summed E-state index contributed by atoms with van der Waals surface area (Å²) in [6, 6.07) is 17.7. The highest BCUT2D eigenvalue weighted by atomic mass is 79.9. The van der Waals surface area contributed by atoms with Gasteiger partial charge in [-0.25, -0.2) is 4.99 Å². The number of nitrogens with zero attached hydrogens (tertiary/aromatic N) is 2. The molecule has 0 spiro atoms. The van der Waals surface area contributed by atoms with Gasteiger partial charge in [-0.1, -0.05) is 41.7 Å². The van der Waals surface area contributed by atoms with E-state index in [1.807, 2.05) is 47.0 Å². The smallest absolute Gasteiger partial charge is 0.271 e. The summed E-state index contributed by atoms with van der Waals surface area (Å²) in [5.41, 5.74) is 6.12. The summed E-state index contributed by atoms with van der Waals surface area (Å²) >= 11 is 4.94. The van der Waals surface area contributed by atoms with Gasteiger partial charge < -0.3 is 18.9 Å². The maximum Gasteiger partial charge on any atom is 0.271 e. The van der Waals surface area contributed by atoms with Gasteiger partial charge in [-0.05, 0) is 81.4 Å². The average molecular weight is 620 g/mol. The molecule has 4 aromatic rings. The van der Waals surface area contributed by atoms with Crippen LogP contribution in [0, 0.1) is 0 Å². The third-order valence-corrected chi connectivity index (χ3v) is 8.92. The molecule has 3 aromatic carbocycles. The molecule has 0 amide bonds. The van der Waals surface area contributed by atoms with Gasteiger partial charge >= 0.3 is 0 Å². The number of aromatic nitrogens is 1. The van der Waals surface area contributed by atoms with E-state index in [9.17, 15) is 4.79 Å². The summed E-state index contributed by atoms with van der Waals surface area (Å²) in [6.45, 7) is 0. The van der Waals surface area contributed by atoms with Gasteiger partial charge in [0.25, 0.3) is 5.56 Å². The number of allylic oxidation sites excluding steroid dienone is 1. The van der Waals surface area contributed by atoms with Gasteiger partial charge in [0.05, 0.1) is 49.2 Å². The number of rotatable bonds is 6. The van der Waals surface area contributed by atoms with Crippen molar-refractivity contribution in [3.05, 3.63) is 107 Å². The second-order valence-electron chi connectivity index (χ2n) is 9.47. The predicted octanol–water partition coefficient (Wildman–Crippen LogP) is 5.12. The van der Waals surface area contributed by atoms with Crippen LogP contribution in [0.15, 0.2) is 74.4 Å². The summed E-state index contributed by atoms with van der Waals surface area (Å²) in [6.07, 6.45) is 3.57. The van der Waals surface area contributed by atoms with Crippen molar-refractivity contribution in [3.8, 4) is 23.0 Å². The Hall–Kier alpha value is -3.82. The third-order valence-electron chi connectivity index (χ3n) is 7.35. The van der Waals surface area contributed by atoms with Crippen LogP contribution in [0.1, 0.15) is 34.7 Å². The minimum atomic E-state index is -0.321. The number of aryl methyl sites for hydroxylation is 1. The fourth-order valence-corrected chi connectivity index (χ4v) is 7.14. The summed E-state index contributed by atoms with van der Waals surface area (Å²) in [5.74, 6) is 2.43. The Labute approximate surface area is 243 Å². The van der Waals surface area contributed by atoms with Crippen LogP contribution in [0.2, 0.25) is 0 Å². The van der Waals surface area contributed by atoms with E-state index in [1.165, 1.54) is 16.9 Å². The van der Waals surface area contributed by atoms with E-state index in [2.05, 4.69) is 34.1 Å². The lowest BCUT2D eigenvalue weighted by molar-refractivity contribution is 0.353. The molecule has 1 aromatic heterocycles. The van der Waals surface area contributed by atoms with Crippen molar-refractivity contribution in [2.75, 3.05) is 28.4 Å². The van der Waals surface area contributed by atoms with E-state index in [-0.39, 0.29) is 11.6 Å². The Kier molecular flexibility index (Phi) is 7.02. The van der Waals surface area contributed by atoms with Crippen LogP contribution in [0.25, 0.3) is 11.8 Å². The van der Waals surface area contributed by atoms with Gasteiger partial charge in [-0.2, -0.15) is 0 Å². The first kappa shape index (κ1) is 26.4. The third kappa shape index (κ3) is 4.33. The molecule has 1 aliphatic carbocycles. The molecule has 6 rings (SSSR count). The van der Waals surface area contributed by atoms with Gasteiger partial charge in [0.1, 0.15) is 0 Å². The van der Waals surface area contributed by atoms with Gasteiger partial charge in [-0.15, -0.1) is 0 Å². The molecule has 0 saturated heterocycles. The fraction of sp³-hybridized carbons (Fsp3) is 0.226. The Morgan fingerprint density at radius 3 is 2.45 bits per heavy atom. The fourth-order valence-electron chi connectivity index (χ4n) is 5.52. The van der Waals surface area contributed by atoms with E-state index in [4.69, 9.17) is 23.9 Å². The topological polar surface area (TPSA) is 71.3 Å². The molecule has 0 radical (unpaired) electrons. The van der Waals surface area contributed by atoms with E-state index in [0.717, 1.165) is 45.3 Å². The van der Waals surface area contributed by atoms with Crippen molar-refractivity contribution in [2.45, 2.75) is 18.9 Å². The highest BCUT2D eigenvalue weighted by Crippen LogP contribution is 2.43. The molecule has 9 heteroatoms. The van der Waals surface area contributed by atoms with Crippen molar-refractivity contribution in [2.24, 2.45) is 4.99 Å². The summed E-state index contributed by atoms with van der Waals surface area (Å²) in [4.78, 5) is 19.8. The molecule has 0 bridgehead atoms. The first-order valence-corrected chi connectivity index (χ1v) is 14.3. The molecule has 0 fully saturated rings. The average Bonchev–Trinajstić information content (AvgIpc) is 3.29. The van der Waals surface area contributed by atoms with E-state index in [0.29, 0.717) is 32.3 Å². The molecule has 7 nitrogen and oxygen atoms in total. The largest absolute Gasteiger partial charge is 0.493 e. The number of methoxy groups -OCH3 is 4. The zero-order valence-electron chi connectivity index (χ0n) is 22.5. The number of hydrogen-bond acceptors (Lipinski definition) is 7. The molecule has 2 heterocycles. The zero-order valence-corrected chi connectivity index (χ0v) is 24.9. The second kappa shape index (κ2) is 10.6.